The smallest absolute Gasteiger partial charge is 0.335 e. The van der Waals surface area contributed by atoms with Gasteiger partial charge in [-0.2, -0.15) is 0 Å². The molecule has 0 fully saturated rings. The van der Waals surface area contributed by atoms with E-state index in [1.54, 1.807) is 24.3 Å². The topological polar surface area (TPSA) is 57.5 Å². The van der Waals surface area contributed by atoms with Crippen LogP contribution in [-0.4, -0.2) is 16.2 Å². The first-order valence-electron chi connectivity index (χ1n) is 6.28. The fourth-order valence-corrected chi connectivity index (χ4v) is 2.94. The number of rotatable bonds is 1. The van der Waals surface area contributed by atoms with Gasteiger partial charge in [0.1, 0.15) is 5.75 Å². The molecule has 96 valence electrons. The number of phenols is 1. The van der Waals surface area contributed by atoms with Crippen molar-refractivity contribution >= 4 is 38.3 Å². The molecule has 0 aliphatic carbocycles. The summed E-state index contributed by atoms with van der Waals surface area (Å²) in [5.41, 5.74) is 0.290. The molecule has 0 amide bonds. The van der Waals surface area contributed by atoms with Crippen LogP contribution >= 0.6 is 0 Å². The number of phenolic OH excluding ortho intramolecular Hbond substituents is 1. The van der Waals surface area contributed by atoms with Crippen LogP contribution in [0.5, 0.6) is 5.75 Å². The molecule has 3 heteroatoms. The highest BCUT2D eigenvalue weighted by atomic mass is 16.4. The number of hydrogen-bond donors (Lipinski definition) is 2. The molecule has 0 aliphatic rings. The van der Waals surface area contributed by atoms with Crippen molar-refractivity contribution in [1.29, 1.82) is 0 Å². The first kappa shape index (κ1) is 11.1. The third-order valence-corrected chi connectivity index (χ3v) is 3.77. The first-order valence-corrected chi connectivity index (χ1v) is 6.28. The molecule has 4 aromatic rings. The standard InChI is InChI=1S/C17H10O3/c18-14-7-11-3-1-9-5-13(17(19)20)6-10-2-4-12(8-14)16(11)15(9)10/h1-8,18H,(H,19,20). The average Bonchev–Trinajstić information content (AvgIpc) is 2.43. The molecule has 0 heterocycles. The molecular weight excluding hydrogens is 252 g/mol. The van der Waals surface area contributed by atoms with E-state index in [0.29, 0.717) is 5.56 Å². The molecule has 0 saturated carbocycles. The zero-order valence-corrected chi connectivity index (χ0v) is 10.4. The van der Waals surface area contributed by atoms with Crippen LogP contribution in [0.2, 0.25) is 0 Å². The lowest BCUT2D eigenvalue weighted by Crippen LogP contribution is -1.96. The van der Waals surface area contributed by atoms with Crippen LogP contribution < -0.4 is 0 Å². The van der Waals surface area contributed by atoms with E-state index in [0.717, 1.165) is 32.3 Å². The quantitative estimate of drug-likeness (QED) is 0.510. The molecular formula is C17H10O3. The number of carbonyl (C=O) groups is 1. The molecule has 0 atom stereocenters. The van der Waals surface area contributed by atoms with E-state index in [1.807, 2.05) is 24.3 Å². The van der Waals surface area contributed by atoms with Crippen LogP contribution in [0.1, 0.15) is 10.4 Å². The Bertz CT molecular complexity index is 919. The maximum atomic E-state index is 11.2. The second-order valence-electron chi connectivity index (χ2n) is 5.00. The molecule has 0 bridgehead atoms. The summed E-state index contributed by atoms with van der Waals surface area (Å²) in [7, 11) is 0. The average molecular weight is 262 g/mol. The predicted molar refractivity (Wildman–Crippen MR) is 78.8 cm³/mol. The van der Waals surface area contributed by atoms with Gasteiger partial charge in [0.05, 0.1) is 5.56 Å². The SMILES string of the molecule is O=C(O)c1cc2ccc3cc(O)cc4ccc(c1)c2c34. The van der Waals surface area contributed by atoms with Gasteiger partial charge in [-0.15, -0.1) is 0 Å². The highest BCUT2D eigenvalue weighted by Gasteiger charge is 2.12. The summed E-state index contributed by atoms with van der Waals surface area (Å²) in [4.78, 5) is 11.2. The lowest BCUT2D eigenvalue weighted by molar-refractivity contribution is 0.0697. The normalized spacial score (nSPS) is 11.6. The summed E-state index contributed by atoms with van der Waals surface area (Å²) < 4.78 is 0. The van der Waals surface area contributed by atoms with E-state index in [-0.39, 0.29) is 5.75 Å². The van der Waals surface area contributed by atoms with Crippen molar-refractivity contribution in [2.75, 3.05) is 0 Å². The Balaban J connectivity index is 2.29. The van der Waals surface area contributed by atoms with Crippen molar-refractivity contribution in [1.82, 2.24) is 0 Å². The Morgan fingerprint density at radius 2 is 1.15 bits per heavy atom. The third-order valence-electron chi connectivity index (χ3n) is 3.77. The summed E-state index contributed by atoms with van der Waals surface area (Å²) in [6, 6.07) is 14.5. The van der Waals surface area contributed by atoms with Crippen molar-refractivity contribution < 1.29 is 15.0 Å². The van der Waals surface area contributed by atoms with Crippen molar-refractivity contribution in [2.24, 2.45) is 0 Å². The summed E-state index contributed by atoms with van der Waals surface area (Å²) in [6.07, 6.45) is 0. The van der Waals surface area contributed by atoms with Gasteiger partial charge in [-0.25, -0.2) is 4.79 Å². The van der Waals surface area contributed by atoms with E-state index in [2.05, 4.69) is 0 Å². The predicted octanol–water partition coefficient (Wildman–Crippen LogP) is 3.99. The molecule has 0 spiro atoms. The fraction of sp³-hybridized carbons (Fsp3) is 0. The minimum absolute atomic E-state index is 0.238. The molecule has 0 unspecified atom stereocenters. The van der Waals surface area contributed by atoms with E-state index >= 15 is 0 Å². The highest BCUT2D eigenvalue weighted by Crippen LogP contribution is 2.37. The minimum Gasteiger partial charge on any atom is -0.508 e. The molecule has 0 aromatic heterocycles. The van der Waals surface area contributed by atoms with Crippen LogP contribution in [0.3, 0.4) is 0 Å². The summed E-state index contributed by atoms with van der Waals surface area (Å²) in [6.45, 7) is 0. The van der Waals surface area contributed by atoms with Gasteiger partial charge in [0.15, 0.2) is 0 Å². The molecule has 0 aliphatic heterocycles. The Labute approximate surface area is 114 Å². The lowest BCUT2D eigenvalue weighted by atomic mass is 9.93. The zero-order chi connectivity index (χ0) is 13.9. The maximum Gasteiger partial charge on any atom is 0.335 e. The van der Waals surface area contributed by atoms with Crippen LogP contribution in [0.15, 0.2) is 48.5 Å². The monoisotopic (exact) mass is 262 g/mol. The van der Waals surface area contributed by atoms with E-state index in [1.165, 1.54) is 0 Å². The minimum atomic E-state index is -0.923. The molecule has 0 radical (unpaired) electrons. The number of hydrogen-bond acceptors (Lipinski definition) is 2. The maximum absolute atomic E-state index is 11.2. The highest BCUT2D eigenvalue weighted by molar-refractivity contribution is 6.24. The van der Waals surface area contributed by atoms with E-state index < -0.39 is 5.97 Å². The van der Waals surface area contributed by atoms with Gasteiger partial charge in [-0.05, 0) is 56.6 Å². The van der Waals surface area contributed by atoms with Crippen molar-refractivity contribution in [3.8, 4) is 5.75 Å². The third kappa shape index (κ3) is 1.37. The van der Waals surface area contributed by atoms with Gasteiger partial charge in [0.25, 0.3) is 0 Å². The molecule has 4 rings (SSSR count). The van der Waals surface area contributed by atoms with Gasteiger partial charge in [-0.3, -0.25) is 0 Å². The first-order chi connectivity index (χ1) is 9.63. The summed E-state index contributed by atoms with van der Waals surface area (Å²) in [5, 5.41) is 24.8. The number of carboxylic acid groups (broad SMARTS) is 1. The van der Waals surface area contributed by atoms with E-state index in [9.17, 15) is 15.0 Å². The van der Waals surface area contributed by atoms with Gasteiger partial charge in [0, 0.05) is 0 Å². The van der Waals surface area contributed by atoms with E-state index in [4.69, 9.17) is 0 Å². The fourth-order valence-electron chi connectivity index (χ4n) is 2.94. The number of carboxylic acids is 1. The molecule has 0 saturated heterocycles. The van der Waals surface area contributed by atoms with Crippen LogP contribution in [0.25, 0.3) is 32.3 Å². The van der Waals surface area contributed by atoms with Crippen molar-refractivity contribution in [3.63, 3.8) is 0 Å². The Morgan fingerprint density at radius 3 is 1.55 bits per heavy atom. The van der Waals surface area contributed by atoms with Crippen LogP contribution in [-0.2, 0) is 0 Å². The van der Waals surface area contributed by atoms with Crippen molar-refractivity contribution in [3.05, 3.63) is 54.1 Å². The Morgan fingerprint density at radius 1 is 0.750 bits per heavy atom. The number of aromatic carboxylic acids is 1. The largest absolute Gasteiger partial charge is 0.508 e. The second-order valence-corrected chi connectivity index (χ2v) is 5.00. The Kier molecular flexibility index (Phi) is 1.99. The van der Waals surface area contributed by atoms with Crippen LogP contribution in [0, 0.1) is 0 Å². The molecule has 20 heavy (non-hydrogen) atoms. The Hall–Kier alpha value is -2.81. The number of benzene rings is 4. The zero-order valence-electron chi connectivity index (χ0n) is 10.4. The second kappa shape index (κ2) is 3.61. The van der Waals surface area contributed by atoms with Gasteiger partial charge < -0.3 is 10.2 Å². The lowest BCUT2D eigenvalue weighted by Gasteiger charge is -2.11. The summed E-state index contributed by atoms with van der Waals surface area (Å²) >= 11 is 0. The van der Waals surface area contributed by atoms with Crippen LogP contribution in [0.4, 0.5) is 0 Å². The molecule has 3 nitrogen and oxygen atoms in total. The van der Waals surface area contributed by atoms with Gasteiger partial charge in [0.2, 0.25) is 0 Å². The summed E-state index contributed by atoms with van der Waals surface area (Å²) in [5.74, 6) is -0.685. The molecule has 2 N–H and O–H groups in total. The van der Waals surface area contributed by atoms with Gasteiger partial charge in [-0.1, -0.05) is 24.3 Å². The molecule has 4 aromatic carbocycles. The van der Waals surface area contributed by atoms with Crippen molar-refractivity contribution in [2.45, 2.75) is 0 Å². The number of aromatic hydroxyl groups is 1. The van der Waals surface area contributed by atoms with Gasteiger partial charge >= 0.3 is 5.97 Å².